The SMILES string of the molecule is COc1cc(-c2cn(C)c(=O)c(C)c2C)cc(OC)c1CN1CC2CC1CN2C(=O)CC#N. The number of amides is 1. The van der Waals surface area contributed by atoms with Crippen molar-refractivity contribution in [3.8, 4) is 28.7 Å². The number of aromatic nitrogens is 1. The quantitative estimate of drug-likeness (QED) is 0.672. The van der Waals surface area contributed by atoms with Gasteiger partial charge in [0.15, 0.2) is 0 Å². The predicted octanol–water partition coefficient (Wildman–Crippen LogP) is 2.39. The number of aryl methyl sites for hydroxylation is 1. The number of nitrogens with zero attached hydrogens (tertiary/aromatic N) is 4. The van der Waals surface area contributed by atoms with Crippen molar-refractivity contribution in [2.75, 3.05) is 27.3 Å². The van der Waals surface area contributed by atoms with Crippen molar-refractivity contribution in [3.63, 3.8) is 0 Å². The summed E-state index contributed by atoms with van der Waals surface area (Å²) in [6.07, 6.45) is 2.72. The lowest BCUT2D eigenvalue weighted by molar-refractivity contribution is -0.132. The van der Waals surface area contributed by atoms with Crippen LogP contribution in [0.3, 0.4) is 0 Å². The molecule has 1 aromatic carbocycles. The number of hydrogen-bond donors (Lipinski definition) is 0. The number of carbonyl (C=O) groups excluding carboxylic acids is 1. The van der Waals surface area contributed by atoms with Gasteiger partial charge in [-0.1, -0.05) is 0 Å². The third kappa shape index (κ3) is 3.98. The minimum atomic E-state index is -0.0768. The summed E-state index contributed by atoms with van der Waals surface area (Å²) in [6, 6.07) is 6.38. The van der Waals surface area contributed by atoms with Gasteiger partial charge < -0.3 is 18.9 Å². The molecule has 2 aromatic rings. The van der Waals surface area contributed by atoms with Gasteiger partial charge in [0, 0.05) is 56.1 Å². The molecule has 2 atom stereocenters. The molecule has 2 aliphatic rings. The molecule has 2 aliphatic heterocycles. The fourth-order valence-electron chi connectivity index (χ4n) is 5.18. The molecule has 33 heavy (non-hydrogen) atoms. The molecule has 2 fully saturated rings. The maximum atomic E-state index is 12.3. The molecule has 0 N–H and O–H groups in total. The van der Waals surface area contributed by atoms with E-state index in [0.29, 0.717) is 13.1 Å². The highest BCUT2D eigenvalue weighted by Crippen LogP contribution is 2.39. The van der Waals surface area contributed by atoms with E-state index in [4.69, 9.17) is 14.7 Å². The van der Waals surface area contributed by atoms with Crippen molar-refractivity contribution in [1.29, 1.82) is 5.26 Å². The topological polar surface area (TPSA) is 87.8 Å². The molecule has 1 aromatic heterocycles. The molecule has 174 valence electrons. The van der Waals surface area contributed by atoms with Crippen LogP contribution in [-0.2, 0) is 18.4 Å². The Kier molecular flexibility index (Phi) is 6.17. The van der Waals surface area contributed by atoms with Gasteiger partial charge in [0.25, 0.3) is 5.56 Å². The minimum absolute atomic E-state index is 0.00168. The standard InChI is InChI=1S/C25H30N4O4/c1-15-16(2)25(31)27(3)13-20(15)17-8-22(32-4)21(23(9-17)33-5)14-28-11-19-10-18(28)12-29(19)24(30)6-7-26/h8-9,13,18-19H,6,10-12,14H2,1-5H3. The van der Waals surface area contributed by atoms with E-state index >= 15 is 0 Å². The van der Waals surface area contributed by atoms with E-state index < -0.39 is 0 Å². The number of methoxy groups -OCH3 is 2. The first-order chi connectivity index (χ1) is 15.8. The second-order valence-corrected chi connectivity index (χ2v) is 8.92. The predicted molar refractivity (Wildman–Crippen MR) is 124 cm³/mol. The number of fused-ring (bicyclic) bond motifs is 2. The molecule has 4 rings (SSSR count). The van der Waals surface area contributed by atoms with E-state index in [2.05, 4.69) is 4.90 Å². The Morgan fingerprint density at radius 3 is 2.33 bits per heavy atom. The zero-order chi connectivity index (χ0) is 23.9. The lowest BCUT2D eigenvalue weighted by Crippen LogP contribution is -2.48. The van der Waals surface area contributed by atoms with E-state index in [1.807, 2.05) is 43.1 Å². The van der Waals surface area contributed by atoms with Gasteiger partial charge in [-0.15, -0.1) is 0 Å². The van der Waals surface area contributed by atoms with Gasteiger partial charge in [0.2, 0.25) is 5.91 Å². The summed E-state index contributed by atoms with van der Waals surface area (Å²) in [5.74, 6) is 1.39. The van der Waals surface area contributed by atoms with Gasteiger partial charge in [-0.2, -0.15) is 5.26 Å². The van der Waals surface area contributed by atoms with E-state index in [1.54, 1.807) is 25.8 Å². The fourth-order valence-corrected chi connectivity index (χ4v) is 5.18. The molecule has 3 heterocycles. The molecule has 8 nitrogen and oxygen atoms in total. The van der Waals surface area contributed by atoms with E-state index in [1.165, 1.54) is 0 Å². The van der Waals surface area contributed by atoms with Crippen LogP contribution in [-0.4, -0.2) is 59.7 Å². The number of hydrogen-bond acceptors (Lipinski definition) is 6. The Balaban J connectivity index is 1.64. The molecular formula is C25H30N4O4. The first kappa shape index (κ1) is 22.9. The lowest BCUT2D eigenvalue weighted by Gasteiger charge is -2.34. The van der Waals surface area contributed by atoms with Crippen molar-refractivity contribution in [2.24, 2.45) is 7.05 Å². The van der Waals surface area contributed by atoms with Crippen LogP contribution in [0.4, 0.5) is 0 Å². The highest BCUT2D eigenvalue weighted by molar-refractivity contribution is 5.79. The summed E-state index contributed by atoms with van der Waals surface area (Å²) >= 11 is 0. The van der Waals surface area contributed by atoms with Crippen LogP contribution in [0.15, 0.2) is 23.1 Å². The minimum Gasteiger partial charge on any atom is -0.496 e. The average Bonchev–Trinajstić information content (AvgIpc) is 3.41. The normalized spacial score (nSPS) is 19.6. The van der Waals surface area contributed by atoms with Crippen LogP contribution in [0.1, 0.15) is 29.5 Å². The Labute approximate surface area is 193 Å². The van der Waals surface area contributed by atoms with Crippen molar-refractivity contribution in [3.05, 3.63) is 45.4 Å². The van der Waals surface area contributed by atoms with Gasteiger partial charge in [0.05, 0.1) is 25.9 Å². The molecule has 0 radical (unpaired) electrons. The first-order valence-electron chi connectivity index (χ1n) is 11.1. The highest BCUT2D eigenvalue weighted by atomic mass is 16.5. The van der Waals surface area contributed by atoms with Gasteiger partial charge in [-0.3, -0.25) is 14.5 Å². The smallest absolute Gasteiger partial charge is 0.253 e. The Morgan fingerprint density at radius 1 is 1.12 bits per heavy atom. The lowest BCUT2D eigenvalue weighted by atomic mass is 9.97. The second kappa shape index (κ2) is 8.91. The molecular weight excluding hydrogens is 420 g/mol. The number of carbonyl (C=O) groups is 1. The summed E-state index contributed by atoms with van der Waals surface area (Å²) < 4.78 is 13.2. The highest BCUT2D eigenvalue weighted by Gasteiger charge is 2.45. The third-order valence-electron chi connectivity index (χ3n) is 7.12. The van der Waals surface area contributed by atoms with Gasteiger partial charge in [-0.25, -0.2) is 0 Å². The average molecular weight is 451 g/mol. The Hall–Kier alpha value is -3.31. The van der Waals surface area contributed by atoms with Crippen LogP contribution in [0.5, 0.6) is 11.5 Å². The van der Waals surface area contributed by atoms with E-state index in [9.17, 15) is 9.59 Å². The second-order valence-electron chi connectivity index (χ2n) is 8.92. The molecule has 0 saturated carbocycles. The van der Waals surface area contributed by atoms with Crippen LogP contribution >= 0.6 is 0 Å². The molecule has 2 saturated heterocycles. The summed E-state index contributed by atoms with van der Waals surface area (Å²) in [5.41, 5.74) is 4.52. The Bertz CT molecular complexity index is 1170. The number of benzene rings is 1. The molecule has 0 spiro atoms. The monoisotopic (exact) mass is 450 g/mol. The summed E-state index contributed by atoms with van der Waals surface area (Å²) in [5, 5.41) is 8.84. The van der Waals surface area contributed by atoms with Crippen molar-refractivity contribution >= 4 is 5.91 Å². The van der Waals surface area contributed by atoms with Gasteiger partial charge in [0.1, 0.15) is 17.9 Å². The maximum absolute atomic E-state index is 12.3. The third-order valence-corrected chi connectivity index (χ3v) is 7.12. The van der Waals surface area contributed by atoms with E-state index in [-0.39, 0.29) is 30.0 Å². The Morgan fingerprint density at radius 2 is 1.79 bits per heavy atom. The largest absolute Gasteiger partial charge is 0.496 e. The van der Waals surface area contributed by atoms with Crippen LogP contribution < -0.4 is 15.0 Å². The van der Waals surface area contributed by atoms with Crippen molar-refractivity contribution in [2.45, 2.75) is 45.3 Å². The first-order valence-corrected chi connectivity index (χ1v) is 11.1. The van der Waals surface area contributed by atoms with Crippen molar-refractivity contribution in [1.82, 2.24) is 14.4 Å². The van der Waals surface area contributed by atoms with Crippen LogP contribution in [0.25, 0.3) is 11.1 Å². The summed E-state index contributed by atoms with van der Waals surface area (Å²) in [4.78, 5) is 28.7. The van der Waals surface area contributed by atoms with Gasteiger partial charge >= 0.3 is 0 Å². The number of rotatable bonds is 6. The number of nitriles is 1. The zero-order valence-electron chi connectivity index (χ0n) is 19.8. The maximum Gasteiger partial charge on any atom is 0.253 e. The van der Waals surface area contributed by atoms with Gasteiger partial charge in [-0.05, 0) is 43.5 Å². The summed E-state index contributed by atoms with van der Waals surface area (Å²) in [7, 11) is 5.06. The molecule has 0 aliphatic carbocycles. The molecule has 2 unspecified atom stereocenters. The molecule has 8 heteroatoms. The molecule has 2 bridgehead atoms. The van der Waals surface area contributed by atoms with Crippen LogP contribution in [0.2, 0.25) is 0 Å². The number of pyridine rings is 1. The fraction of sp³-hybridized carbons (Fsp3) is 0.480. The molecule has 1 amide bonds. The van der Waals surface area contributed by atoms with E-state index in [0.717, 1.165) is 52.3 Å². The number of likely N-dealkylation sites (tertiary alicyclic amines) is 2. The summed E-state index contributed by atoms with van der Waals surface area (Å²) in [6.45, 7) is 5.88. The number of piperazine rings is 1. The van der Waals surface area contributed by atoms with Crippen LogP contribution in [0, 0.1) is 25.2 Å². The number of ether oxygens (including phenoxy) is 2. The van der Waals surface area contributed by atoms with Crippen molar-refractivity contribution < 1.29 is 14.3 Å². The zero-order valence-corrected chi connectivity index (χ0v) is 19.8.